The maximum Gasteiger partial charge on any atom is 0.268 e. The van der Waals surface area contributed by atoms with Gasteiger partial charge in [0.1, 0.15) is 10.5 Å². The van der Waals surface area contributed by atoms with Crippen LogP contribution in [0.5, 0.6) is 0 Å². The fraction of sp³-hybridized carbons (Fsp3) is 0.188. The number of benzene rings is 1. The lowest BCUT2D eigenvalue weighted by atomic mass is 10.1. The highest BCUT2D eigenvalue weighted by Gasteiger charge is 2.30. The highest BCUT2D eigenvalue weighted by atomic mass is 127. The highest BCUT2D eigenvalue weighted by molar-refractivity contribution is 14.1. The van der Waals surface area contributed by atoms with Gasteiger partial charge in [-0.05, 0) is 52.3 Å². The van der Waals surface area contributed by atoms with Crippen LogP contribution in [-0.2, 0) is 6.42 Å². The third-order valence-electron chi connectivity index (χ3n) is 4.13. The summed E-state index contributed by atoms with van der Waals surface area (Å²) < 4.78 is 1.21. The minimum absolute atomic E-state index is 0.0497. The molecule has 0 unspecified atom stereocenters. The minimum atomic E-state index is -0.142. The predicted molar refractivity (Wildman–Crippen MR) is 97.2 cm³/mol. The molecule has 0 aliphatic heterocycles. The van der Waals surface area contributed by atoms with Crippen molar-refractivity contribution < 1.29 is 4.79 Å². The zero-order chi connectivity index (χ0) is 15.3. The van der Waals surface area contributed by atoms with Crippen molar-refractivity contribution in [2.75, 3.05) is 0 Å². The molecule has 0 spiro atoms. The lowest BCUT2D eigenvalue weighted by molar-refractivity contribution is 0.0929. The van der Waals surface area contributed by atoms with E-state index in [2.05, 4.69) is 45.0 Å². The smallest absolute Gasteiger partial charge is 0.268 e. The fourth-order valence-corrected chi connectivity index (χ4v) is 4.80. The van der Waals surface area contributed by atoms with E-state index in [9.17, 15) is 4.79 Å². The van der Waals surface area contributed by atoms with Gasteiger partial charge < -0.3 is 16.0 Å². The van der Waals surface area contributed by atoms with Crippen molar-refractivity contribution >= 4 is 50.1 Å². The first-order valence-electron chi connectivity index (χ1n) is 7.04. The average molecular weight is 423 g/mol. The quantitative estimate of drug-likeness (QED) is 0.555. The lowest BCUT2D eigenvalue weighted by Gasteiger charge is -2.17. The van der Waals surface area contributed by atoms with Crippen molar-refractivity contribution in [3.05, 3.63) is 56.1 Å². The van der Waals surface area contributed by atoms with E-state index in [4.69, 9.17) is 5.73 Å². The van der Waals surface area contributed by atoms with Crippen molar-refractivity contribution in [2.24, 2.45) is 5.73 Å². The van der Waals surface area contributed by atoms with Crippen LogP contribution >= 0.6 is 33.9 Å². The molecule has 22 heavy (non-hydrogen) atoms. The van der Waals surface area contributed by atoms with Gasteiger partial charge in [-0.1, -0.05) is 24.3 Å². The number of H-pyrrole nitrogens is 1. The number of aromatic amines is 1. The molecular formula is C16H14IN3OS. The third kappa shape index (κ3) is 2.35. The standard InChI is InChI=1S/C16H14IN3OS/c17-13-7-9-6-12(20-16(9)22-13)15(21)19-11-5-8-3-1-2-4-10(8)14(11)18/h1-4,6-7,11,14,20H,5,18H2,(H,19,21)/t11-,14-/m1/s1. The van der Waals surface area contributed by atoms with E-state index in [1.54, 1.807) is 11.3 Å². The summed E-state index contributed by atoms with van der Waals surface area (Å²) in [7, 11) is 0. The first-order chi connectivity index (χ1) is 10.6. The summed E-state index contributed by atoms with van der Waals surface area (Å²) in [4.78, 5) is 16.7. The number of aromatic nitrogens is 1. The van der Waals surface area contributed by atoms with Gasteiger partial charge in [-0.3, -0.25) is 4.79 Å². The molecule has 3 aromatic rings. The van der Waals surface area contributed by atoms with Crippen LogP contribution in [0.25, 0.3) is 10.2 Å². The molecule has 2 atom stereocenters. The molecule has 1 aliphatic carbocycles. The largest absolute Gasteiger partial charge is 0.346 e. The molecule has 0 bridgehead atoms. The Hall–Kier alpha value is -1.38. The number of nitrogens with two attached hydrogens (primary N) is 1. The van der Waals surface area contributed by atoms with Crippen LogP contribution < -0.4 is 11.1 Å². The van der Waals surface area contributed by atoms with Gasteiger partial charge in [0.15, 0.2) is 0 Å². The number of hydrogen-bond acceptors (Lipinski definition) is 3. The lowest BCUT2D eigenvalue weighted by Crippen LogP contribution is -2.40. The van der Waals surface area contributed by atoms with Crippen LogP contribution in [0.2, 0.25) is 0 Å². The monoisotopic (exact) mass is 423 g/mol. The van der Waals surface area contributed by atoms with Gasteiger partial charge in [0.05, 0.1) is 15.0 Å². The second kappa shape index (κ2) is 5.36. The second-order valence-corrected chi connectivity index (χ2v) is 8.47. The molecule has 4 N–H and O–H groups in total. The van der Waals surface area contributed by atoms with Crippen molar-refractivity contribution in [3.63, 3.8) is 0 Å². The molecule has 4 nitrogen and oxygen atoms in total. The van der Waals surface area contributed by atoms with E-state index in [-0.39, 0.29) is 18.0 Å². The predicted octanol–water partition coefficient (Wildman–Crippen LogP) is 3.19. The Labute approximate surface area is 145 Å². The van der Waals surface area contributed by atoms with Crippen LogP contribution in [0, 0.1) is 2.88 Å². The average Bonchev–Trinajstić information content (AvgIpc) is 3.12. The van der Waals surface area contributed by atoms with Crippen LogP contribution in [-0.4, -0.2) is 16.9 Å². The Kier molecular flexibility index (Phi) is 3.47. The molecule has 4 rings (SSSR count). The van der Waals surface area contributed by atoms with Crippen LogP contribution in [0.15, 0.2) is 36.4 Å². The summed E-state index contributed by atoms with van der Waals surface area (Å²) in [5, 5.41) is 4.15. The Bertz CT molecular complexity index is 838. The number of thiophene rings is 1. The number of carbonyl (C=O) groups is 1. The SMILES string of the molecule is N[C@@H]1c2ccccc2C[C@H]1NC(=O)c1cc2cc(I)sc2[nH]1. The van der Waals surface area contributed by atoms with Gasteiger partial charge in [-0.25, -0.2) is 0 Å². The number of hydrogen-bond donors (Lipinski definition) is 3. The Morgan fingerprint density at radius 2 is 2.18 bits per heavy atom. The van der Waals surface area contributed by atoms with Crippen LogP contribution in [0.3, 0.4) is 0 Å². The van der Waals surface area contributed by atoms with Gasteiger partial charge in [0.2, 0.25) is 0 Å². The molecule has 112 valence electrons. The molecule has 1 amide bonds. The molecule has 2 heterocycles. The third-order valence-corrected chi connectivity index (χ3v) is 5.95. The maximum absolute atomic E-state index is 12.5. The van der Waals surface area contributed by atoms with Crippen molar-refractivity contribution in [3.8, 4) is 0 Å². The van der Waals surface area contributed by atoms with Gasteiger partial charge in [0, 0.05) is 5.39 Å². The Morgan fingerprint density at radius 1 is 1.36 bits per heavy atom. The second-order valence-electron chi connectivity index (χ2n) is 5.53. The maximum atomic E-state index is 12.5. The van der Waals surface area contributed by atoms with Gasteiger partial charge >= 0.3 is 0 Å². The summed E-state index contributed by atoms with van der Waals surface area (Å²) in [6.45, 7) is 0. The normalized spacial score (nSPS) is 20.3. The first-order valence-corrected chi connectivity index (χ1v) is 8.93. The van der Waals surface area contributed by atoms with E-state index < -0.39 is 0 Å². The number of fused-ring (bicyclic) bond motifs is 2. The molecule has 1 aliphatic rings. The molecule has 0 radical (unpaired) electrons. The minimum Gasteiger partial charge on any atom is -0.346 e. The van der Waals surface area contributed by atoms with Gasteiger partial charge in [-0.15, -0.1) is 11.3 Å². The van der Waals surface area contributed by atoms with Gasteiger partial charge in [0.25, 0.3) is 5.91 Å². The van der Waals surface area contributed by atoms with Crippen molar-refractivity contribution in [1.82, 2.24) is 10.3 Å². The van der Waals surface area contributed by atoms with Gasteiger partial charge in [-0.2, -0.15) is 0 Å². The number of carbonyl (C=O) groups excluding carboxylic acids is 1. The summed E-state index contributed by atoms with van der Waals surface area (Å²) in [6.07, 6.45) is 0.788. The topological polar surface area (TPSA) is 70.9 Å². The first kappa shape index (κ1) is 14.2. The fourth-order valence-electron chi connectivity index (χ4n) is 3.03. The number of halogens is 1. The number of nitrogens with one attached hydrogen (secondary N) is 2. The van der Waals surface area contributed by atoms with Crippen molar-refractivity contribution in [1.29, 1.82) is 0 Å². The molecule has 2 aromatic heterocycles. The summed E-state index contributed by atoms with van der Waals surface area (Å²) >= 11 is 3.93. The van der Waals surface area contributed by atoms with Crippen molar-refractivity contribution in [2.45, 2.75) is 18.5 Å². The van der Waals surface area contributed by atoms with E-state index >= 15 is 0 Å². The molecule has 0 saturated heterocycles. The van der Waals surface area contributed by atoms with Crippen LogP contribution in [0.4, 0.5) is 0 Å². The Morgan fingerprint density at radius 3 is 2.95 bits per heavy atom. The zero-order valence-corrected chi connectivity index (χ0v) is 14.6. The van der Waals surface area contributed by atoms with Crippen LogP contribution in [0.1, 0.15) is 27.7 Å². The molecular weight excluding hydrogens is 409 g/mol. The summed E-state index contributed by atoms with van der Waals surface area (Å²) in [5.41, 5.74) is 9.22. The molecule has 6 heteroatoms. The van der Waals surface area contributed by atoms with E-state index in [1.807, 2.05) is 24.3 Å². The highest BCUT2D eigenvalue weighted by Crippen LogP contribution is 2.30. The van der Waals surface area contributed by atoms with E-state index in [1.165, 1.54) is 8.45 Å². The zero-order valence-electron chi connectivity index (χ0n) is 11.6. The van der Waals surface area contributed by atoms with E-state index in [0.717, 1.165) is 22.2 Å². The van der Waals surface area contributed by atoms with E-state index in [0.29, 0.717) is 5.69 Å². The summed E-state index contributed by atoms with van der Waals surface area (Å²) in [5.74, 6) is -0.0911. The molecule has 0 fully saturated rings. The number of amides is 1. The molecule has 0 saturated carbocycles. The molecule has 1 aromatic carbocycles. The number of rotatable bonds is 2. The Balaban J connectivity index is 1.54. The summed E-state index contributed by atoms with van der Waals surface area (Å²) in [6, 6.07) is 11.9.